The first kappa shape index (κ1) is 21.4. The zero-order valence-corrected chi connectivity index (χ0v) is 16.6. The Hall–Kier alpha value is -1.60. The normalized spacial score (nSPS) is 17.0. The summed E-state index contributed by atoms with van der Waals surface area (Å²) in [4.78, 5) is 26.7. The van der Waals surface area contributed by atoms with Gasteiger partial charge in [0.2, 0.25) is 11.8 Å². The van der Waals surface area contributed by atoms with Crippen molar-refractivity contribution < 1.29 is 14.3 Å². The number of nitrogens with two attached hydrogens (primary N) is 1. The Morgan fingerprint density at radius 3 is 2.64 bits per heavy atom. The molecule has 2 rings (SSSR count). The molecule has 0 aromatic heterocycles. The van der Waals surface area contributed by atoms with Gasteiger partial charge in [-0.05, 0) is 23.6 Å². The average molecular weight is 388 g/mol. The van der Waals surface area contributed by atoms with Crippen LogP contribution in [0.1, 0.15) is 27.2 Å². The average Bonchev–Trinajstić information content (AvgIpc) is 2.95. The van der Waals surface area contributed by atoms with E-state index < -0.39 is 6.04 Å². The first-order chi connectivity index (χ1) is 11.2. The van der Waals surface area contributed by atoms with Gasteiger partial charge in [-0.15, -0.1) is 24.2 Å². The van der Waals surface area contributed by atoms with Crippen LogP contribution >= 0.6 is 24.2 Å². The van der Waals surface area contributed by atoms with Gasteiger partial charge < -0.3 is 20.7 Å². The van der Waals surface area contributed by atoms with Crippen LogP contribution < -0.4 is 15.8 Å². The topological polar surface area (TPSA) is 84.7 Å². The number of nitrogens with one attached hydrogen (secondary N) is 1. The molecule has 1 saturated heterocycles. The number of carbonyl (C=O) groups is 2. The highest BCUT2D eigenvalue weighted by Crippen LogP contribution is 2.28. The molecule has 1 aliphatic rings. The van der Waals surface area contributed by atoms with Gasteiger partial charge in [-0.2, -0.15) is 0 Å². The Bertz CT molecular complexity index is 634. The summed E-state index contributed by atoms with van der Waals surface area (Å²) in [5.74, 6) is 1.55. The van der Waals surface area contributed by atoms with E-state index in [1.54, 1.807) is 42.0 Å². The van der Waals surface area contributed by atoms with E-state index in [0.29, 0.717) is 35.2 Å². The summed E-state index contributed by atoms with van der Waals surface area (Å²) in [5.41, 5.74) is 6.81. The molecule has 0 aliphatic carbocycles. The van der Waals surface area contributed by atoms with Crippen LogP contribution in [0, 0.1) is 5.41 Å². The zero-order valence-electron chi connectivity index (χ0n) is 15.0. The molecular weight excluding hydrogens is 362 g/mol. The van der Waals surface area contributed by atoms with Crippen molar-refractivity contribution in [2.45, 2.75) is 33.2 Å². The minimum absolute atomic E-state index is 0. The smallest absolute Gasteiger partial charge is 0.248 e. The van der Waals surface area contributed by atoms with Gasteiger partial charge in [0, 0.05) is 17.9 Å². The van der Waals surface area contributed by atoms with Gasteiger partial charge in [-0.3, -0.25) is 9.59 Å². The Balaban J connectivity index is 0.00000312. The highest BCUT2D eigenvalue weighted by molar-refractivity contribution is 7.99. The summed E-state index contributed by atoms with van der Waals surface area (Å²) in [6.07, 6.45) is 0.423. The van der Waals surface area contributed by atoms with Gasteiger partial charge in [0.25, 0.3) is 0 Å². The second-order valence-corrected chi connectivity index (χ2v) is 8.06. The van der Waals surface area contributed by atoms with Crippen molar-refractivity contribution in [2.24, 2.45) is 5.41 Å². The first-order valence-electron chi connectivity index (χ1n) is 7.83. The summed E-state index contributed by atoms with van der Waals surface area (Å²) < 4.78 is 5.11. The highest BCUT2D eigenvalue weighted by Gasteiger charge is 2.35. The number of rotatable bonds is 4. The summed E-state index contributed by atoms with van der Waals surface area (Å²) in [5, 5.41) is 2.84. The summed E-state index contributed by atoms with van der Waals surface area (Å²) in [6.45, 7) is 6.05. The molecule has 6 nitrogen and oxygen atoms in total. The van der Waals surface area contributed by atoms with Crippen molar-refractivity contribution in [1.29, 1.82) is 0 Å². The molecule has 0 saturated carbocycles. The third kappa shape index (κ3) is 5.71. The third-order valence-electron chi connectivity index (χ3n) is 3.68. The van der Waals surface area contributed by atoms with E-state index in [9.17, 15) is 9.59 Å². The lowest BCUT2D eigenvalue weighted by Crippen LogP contribution is -2.45. The van der Waals surface area contributed by atoms with Crippen molar-refractivity contribution in [2.75, 3.05) is 29.8 Å². The third-order valence-corrected chi connectivity index (χ3v) is 4.70. The lowest BCUT2D eigenvalue weighted by molar-refractivity contribution is -0.137. The fourth-order valence-corrected chi connectivity index (χ4v) is 3.68. The molecule has 1 fully saturated rings. The van der Waals surface area contributed by atoms with Gasteiger partial charge >= 0.3 is 0 Å². The Labute approximate surface area is 159 Å². The van der Waals surface area contributed by atoms with Crippen LogP contribution in [0.2, 0.25) is 0 Å². The number of hydrogen-bond acceptors (Lipinski definition) is 5. The van der Waals surface area contributed by atoms with Crippen molar-refractivity contribution in [3.05, 3.63) is 18.2 Å². The van der Waals surface area contributed by atoms with Gasteiger partial charge in [-0.25, -0.2) is 0 Å². The SMILES string of the molecule is COc1ccc(NC(=O)C2CSCN2C(=O)CC(C)(C)C)cc1N.Cl. The second-order valence-electron chi connectivity index (χ2n) is 7.06. The molecule has 1 aromatic rings. The van der Waals surface area contributed by atoms with Crippen molar-refractivity contribution >= 4 is 47.4 Å². The number of benzene rings is 1. The quantitative estimate of drug-likeness (QED) is 0.776. The van der Waals surface area contributed by atoms with E-state index in [2.05, 4.69) is 5.32 Å². The number of halogens is 1. The molecular formula is C17H26ClN3O3S. The molecule has 0 radical (unpaired) electrons. The van der Waals surface area contributed by atoms with E-state index in [4.69, 9.17) is 10.5 Å². The molecule has 2 amide bonds. The highest BCUT2D eigenvalue weighted by atomic mass is 35.5. The molecule has 8 heteroatoms. The maximum atomic E-state index is 12.6. The zero-order chi connectivity index (χ0) is 17.9. The predicted molar refractivity (Wildman–Crippen MR) is 105 cm³/mol. The van der Waals surface area contributed by atoms with E-state index >= 15 is 0 Å². The Morgan fingerprint density at radius 1 is 1.40 bits per heavy atom. The van der Waals surface area contributed by atoms with Gasteiger partial charge in [-0.1, -0.05) is 20.8 Å². The van der Waals surface area contributed by atoms with Crippen LogP contribution in [-0.4, -0.2) is 41.5 Å². The molecule has 1 aliphatic heterocycles. The number of nitrogens with zero attached hydrogens (tertiary/aromatic N) is 1. The molecule has 1 aromatic carbocycles. The summed E-state index contributed by atoms with van der Waals surface area (Å²) >= 11 is 1.59. The van der Waals surface area contributed by atoms with E-state index in [1.807, 2.05) is 20.8 Å². The maximum Gasteiger partial charge on any atom is 0.248 e. The standard InChI is InChI=1S/C17H25N3O3S.ClH/c1-17(2,3)8-15(21)20-10-24-9-13(20)16(22)19-11-5-6-14(23-4)12(18)7-11;/h5-7,13H,8-10,18H2,1-4H3,(H,19,22);1H. The van der Waals surface area contributed by atoms with Crippen LogP contribution in [0.15, 0.2) is 18.2 Å². The monoisotopic (exact) mass is 387 g/mol. The van der Waals surface area contributed by atoms with Gasteiger partial charge in [0.05, 0.1) is 18.7 Å². The van der Waals surface area contributed by atoms with E-state index in [1.165, 1.54) is 0 Å². The van der Waals surface area contributed by atoms with Crippen LogP contribution in [0.25, 0.3) is 0 Å². The molecule has 1 atom stereocenters. The summed E-state index contributed by atoms with van der Waals surface area (Å²) in [7, 11) is 1.54. The van der Waals surface area contributed by atoms with Crippen molar-refractivity contribution in [3.63, 3.8) is 0 Å². The first-order valence-corrected chi connectivity index (χ1v) is 8.98. The Morgan fingerprint density at radius 2 is 2.08 bits per heavy atom. The number of nitrogen functional groups attached to an aromatic ring is 1. The second kappa shape index (κ2) is 8.67. The Kier molecular flexibility index (Phi) is 7.44. The molecule has 0 spiro atoms. The van der Waals surface area contributed by atoms with E-state index in [0.717, 1.165) is 0 Å². The molecule has 1 unspecified atom stereocenters. The predicted octanol–water partition coefficient (Wildman–Crippen LogP) is 2.98. The van der Waals surface area contributed by atoms with Crippen LogP contribution in [0.4, 0.5) is 11.4 Å². The number of thioether (sulfide) groups is 1. The molecule has 1 heterocycles. The molecule has 25 heavy (non-hydrogen) atoms. The number of carbonyl (C=O) groups excluding carboxylic acids is 2. The van der Waals surface area contributed by atoms with E-state index in [-0.39, 0.29) is 29.6 Å². The van der Waals surface area contributed by atoms with Crippen LogP contribution in [0.5, 0.6) is 5.75 Å². The van der Waals surface area contributed by atoms with Gasteiger partial charge in [0.15, 0.2) is 0 Å². The maximum absolute atomic E-state index is 12.6. The fourth-order valence-electron chi connectivity index (χ4n) is 2.50. The number of anilines is 2. The number of hydrogen-bond donors (Lipinski definition) is 2. The molecule has 3 N–H and O–H groups in total. The van der Waals surface area contributed by atoms with Crippen LogP contribution in [0.3, 0.4) is 0 Å². The molecule has 0 bridgehead atoms. The lowest BCUT2D eigenvalue weighted by atomic mass is 9.91. The number of methoxy groups -OCH3 is 1. The van der Waals surface area contributed by atoms with Gasteiger partial charge in [0.1, 0.15) is 11.8 Å². The largest absolute Gasteiger partial charge is 0.495 e. The van der Waals surface area contributed by atoms with Crippen molar-refractivity contribution in [1.82, 2.24) is 4.90 Å². The number of amides is 2. The van der Waals surface area contributed by atoms with Crippen molar-refractivity contribution in [3.8, 4) is 5.75 Å². The number of ether oxygens (including phenoxy) is 1. The lowest BCUT2D eigenvalue weighted by Gasteiger charge is -2.26. The minimum Gasteiger partial charge on any atom is -0.495 e. The fraction of sp³-hybridized carbons (Fsp3) is 0.529. The molecule has 140 valence electrons. The van der Waals surface area contributed by atoms with Crippen LogP contribution in [-0.2, 0) is 9.59 Å². The minimum atomic E-state index is -0.451. The summed E-state index contributed by atoms with van der Waals surface area (Å²) in [6, 6.07) is 4.64.